The molecule has 1 aromatic carbocycles. The maximum Gasteiger partial charge on any atom is 0.255 e. The number of benzene rings is 1. The van der Waals surface area contributed by atoms with Gasteiger partial charge in [0.2, 0.25) is 11.8 Å². The van der Waals surface area contributed by atoms with E-state index in [0.29, 0.717) is 18.4 Å². The third-order valence-corrected chi connectivity index (χ3v) is 6.14. The zero-order valence-electron chi connectivity index (χ0n) is 14.6. The Balaban J connectivity index is 1.50. The summed E-state index contributed by atoms with van der Waals surface area (Å²) < 4.78 is 0. The number of nitrogens with zero attached hydrogens (tertiary/aromatic N) is 2. The van der Waals surface area contributed by atoms with Crippen LogP contribution in [0.2, 0.25) is 0 Å². The van der Waals surface area contributed by atoms with Gasteiger partial charge in [0.1, 0.15) is 6.04 Å². The van der Waals surface area contributed by atoms with Crippen LogP contribution in [0.5, 0.6) is 0 Å². The van der Waals surface area contributed by atoms with Crippen molar-refractivity contribution < 1.29 is 14.4 Å². The minimum Gasteiger partial charge on any atom is -0.369 e. The summed E-state index contributed by atoms with van der Waals surface area (Å²) in [4.78, 5) is 41.1. The van der Waals surface area contributed by atoms with Gasteiger partial charge in [0.05, 0.1) is 5.54 Å². The van der Waals surface area contributed by atoms with Crippen molar-refractivity contribution in [2.45, 2.75) is 37.3 Å². The van der Waals surface area contributed by atoms with Crippen molar-refractivity contribution in [3.8, 4) is 0 Å². The smallest absolute Gasteiger partial charge is 0.255 e. The van der Waals surface area contributed by atoms with Crippen LogP contribution < -0.4 is 15.5 Å². The fraction of sp³-hybridized carbons (Fsp3) is 0.526. The van der Waals surface area contributed by atoms with Crippen LogP contribution in [0.15, 0.2) is 18.2 Å². The van der Waals surface area contributed by atoms with Crippen LogP contribution in [0.1, 0.15) is 41.6 Å². The first-order chi connectivity index (χ1) is 12.6. The minimum atomic E-state index is -0.544. The fourth-order valence-corrected chi connectivity index (χ4v) is 4.67. The molecule has 0 bridgehead atoms. The number of carbonyl (C=O) groups is 3. The molecule has 4 aliphatic rings. The first-order valence-electron chi connectivity index (χ1n) is 9.38. The van der Waals surface area contributed by atoms with E-state index in [9.17, 15) is 14.4 Å². The van der Waals surface area contributed by atoms with E-state index in [1.54, 1.807) is 4.90 Å². The van der Waals surface area contributed by atoms with Gasteiger partial charge in [-0.3, -0.25) is 19.7 Å². The molecule has 0 aromatic heterocycles. The van der Waals surface area contributed by atoms with Gasteiger partial charge in [-0.15, -0.1) is 0 Å². The molecule has 1 unspecified atom stereocenters. The lowest BCUT2D eigenvalue weighted by Gasteiger charge is -2.35. The number of anilines is 1. The summed E-state index contributed by atoms with van der Waals surface area (Å²) in [7, 11) is 0. The van der Waals surface area contributed by atoms with Crippen molar-refractivity contribution in [1.29, 1.82) is 0 Å². The summed E-state index contributed by atoms with van der Waals surface area (Å²) in [6.45, 7) is 3.83. The number of fused-ring (bicyclic) bond motifs is 2. The number of amides is 3. The van der Waals surface area contributed by atoms with E-state index in [4.69, 9.17) is 0 Å². The van der Waals surface area contributed by atoms with E-state index in [-0.39, 0.29) is 23.3 Å². The van der Waals surface area contributed by atoms with E-state index in [1.807, 2.05) is 12.1 Å². The standard InChI is InChI=1S/C19H22N4O3/c24-16-4-3-15(17(25)21-16)23-18(26)13-2-1-12(22-9-7-20-8-10-22)11-14(13)19(23)5-6-19/h1-2,11,15,20H,3-10H2,(H,21,24,25). The van der Waals surface area contributed by atoms with E-state index in [1.165, 1.54) is 0 Å². The Morgan fingerprint density at radius 2 is 1.85 bits per heavy atom. The number of carbonyl (C=O) groups excluding carboxylic acids is 3. The van der Waals surface area contributed by atoms with Gasteiger partial charge in [-0.25, -0.2) is 0 Å². The predicted molar refractivity (Wildman–Crippen MR) is 94.8 cm³/mol. The highest BCUT2D eigenvalue weighted by Crippen LogP contribution is 2.58. The third kappa shape index (κ3) is 2.19. The normalized spacial score (nSPS) is 26.9. The number of hydrogen-bond acceptors (Lipinski definition) is 5. The molecule has 1 saturated carbocycles. The number of rotatable bonds is 2. The molecular weight excluding hydrogens is 332 g/mol. The van der Waals surface area contributed by atoms with Crippen molar-refractivity contribution in [3.05, 3.63) is 29.3 Å². The average Bonchev–Trinajstić information content (AvgIpc) is 3.41. The second-order valence-electron chi connectivity index (χ2n) is 7.64. The molecule has 7 nitrogen and oxygen atoms in total. The fourth-order valence-electron chi connectivity index (χ4n) is 4.67. The number of imide groups is 1. The van der Waals surface area contributed by atoms with Gasteiger partial charge in [-0.1, -0.05) is 0 Å². The van der Waals surface area contributed by atoms with Gasteiger partial charge < -0.3 is 15.1 Å². The lowest BCUT2D eigenvalue weighted by atomic mass is 9.99. The monoisotopic (exact) mass is 354 g/mol. The van der Waals surface area contributed by atoms with E-state index < -0.39 is 6.04 Å². The second-order valence-corrected chi connectivity index (χ2v) is 7.64. The highest BCUT2D eigenvalue weighted by Gasteiger charge is 2.61. The molecule has 1 atom stereocenters. The lowest BCUT2D eigenvalue weighted by Crippen LogP contribution is -2.55. The molecule has 1 aliphatic carbocycles. The zero-order chi connectivity index (χ0) is 17.9. The van der Waals surface area contributed by atoms with Gasteiger partial charge in [0, 0.05) is 43.9 Å². The van der Waals surface area contributed by atoms with Crippen molar-refractivity contribution in [3.63, 3.8) is 0 Å². The Labute approximate surface area is 151 Å². The van der Waals surface area contributed by atoms with Gasteiger partial charge in [-0.2, -0.15) is 0 Å². The molecule has 136 valence electrons. The number of nitrogens with one attached hydrogen (secondary N) is 2. The van der Waals surface area contributed by atoms with Crippen molar-refractivity contribution in [1.82, 2.24) is 15.5 Å². The maximum atomic E-state index is 13.1. The van der Waals surface area contributed by atoms with E-state index in [0.717, 1.165) is 50.3 Å². The summed E-state index contributed by atoms with van der Waals surface area (Å²) in [5, 5.41) is 5.75. The van der Waals surface area contributed by atoms with Crippen LogP contribution >= 0.6 is 0 Å². The maximum absolute atomic E-state index is 13.1. The lowest BCUT2D eigenvalue weighted by molar-refractivity contribution is -0.137. The van der Waals surface area contributed by atoms with Crippen LogP contribution in [0.4, 0.5) is 5.69 Å². The molecule has 0 radical (unpaired) electrons. The number of piperidine rings is 1. The first kappa shape index (κ1) is 15.8. The Hall–Kier alpha value is -2.41. The third-order valence-electron chi connectivity index (χ3n) is 6.14. The molecule has 26 heavy (non-hydrogen) atoms. The molecule has 3 amide bonds. The molecule has 3 fully saturated rings. The number of piperazine rings is 1. The second kappa shape index (κ2) is 5.54. The Bertz CT molecular complexity index is 811. The summed E-state index contributed by atoms with van der Waals surface area (Å²) in [5.74, 6) is -0.656. The molecular formula is C19H22N4O3. The predicted octanol–water partition coefficient (Wildman–Crippen LogP) is 0.346. The molecule has 1 aromatic rings. The van der Waals surface area contributed by atoms with Crippen LogP contribution in [0.25, 0.3) is 0 Å². The summed E-state index contributed by atoms with van der Waals surface area (Å²) in [6, 6.07) is 5.54. The van der Waals surface area contributed by atoms with Gasteiger partial charge >= 0.3 is 0 Å². The molecule has 2 N–H and O–H groups in total. The highest BCUT2D eigenvalue weighted by atomic mass is 16.2. The molecule has 3 heterocycles. The Morgan fingerprint density at radius 3 is 2.54 bits per heavy atom. The van der Waals surface area contributed by atoms with Crippen LogP contribution in [-0.2, 0) is 15.1 Å². The molecule has 5 rings (SSSR count). The van der Waals surface area contributed by atoms with Gasteiger partial charge in [0.15, 0.2) is 0 Å². The number of hydrogen-bond donors (Lipinski definition) is 2. The van der Waals surface area contributed by atoms with E-state index >= 15 is 0 Å². The van der Waals surface area contributed by atoms with Crippen LogP contribution in [-0.4, -0.2) is 54.8 Å². The molecule has 1 spiro atoms. The molecule has 3 aliphatic heterocycles. The topological polar surface area (TPSA) is 81.8 Å². The Kier molecular flexibility index (Phi) is 3.37. The van der Waals surface area contributed by atoms with Crippen molar-refractivity contribution >= 4 is 23.4 Å². The van der Waals surface area contributed by atoms with E-state index in [2.05, 4.69) is 21.6 Å². The summed E-state index contributed by atoms with van der Waals surface area (Å²) >= 11 is 0. The Morgan fingerprint density at radius 1 is 1.08 bits per heavy atom. The summed E-state index contributed by atoms with van der Waals surface area (Å²) in [5.41, 5.74) is 2.57. The zero-order valence-corrected chi connectivity index (χ0v) is 14.6. The summed E-state index contributed by atoms with van der Waals surface area (Å²) in [6.07, 6.45) is 2.47. The van der Waals surface area contributed by atoms with Crippen molar-refractivity contribution in [2.75, 3.05) is 31.1 Å². The highest BCUT2D eigenvalue weighted by molar-refractivity contribution is 6.07. The largest absolute Gasteiger partial charge is 0.369 e. The first-order valence-corrected chi connectivity index (χ1v) is 9.38. The minimum absolute atomic E-state index is 0.0705. The van der Waals surface area contributed by atoms with Crippen molar-refractivity contribution in [2.24, 2.45) is 0 Å². The van der Waals surface area contributed by atoms with Gasteiger partial charge in [-0.05, 0) is 43.0 Å². The molecule has 2 saturated heterocycles. The SMILES string of the molecule is O=C1CCC(N2C(=O)c3ccc(N4CCNCC4)cc3C23CC3)C(=O)N1. The molecule has 7 heteroatoms. The average molecular weight is 354 g/mol. The van der Waals surface area contributed by atoms with Gasteiger partial charge in [0.25, 0.3) is 5.91 Å². The van der Waals surface area contributed by atoms with Crippen LogP contribution in [0, 0.1) is 0 Å². The quantitative estimate of drug-likeness (QED) is 0.749. The van der Waals surface area contributed by atoms with Crippen LogP contribution in [0.3, 0.4) is 0 Å².